The maximum absolute atomic E-state index is 12.7. The van der Waals surface area contributed by atoms with Gasteiger partial charge in [0.25, 0.3) is 10.1 Å². The highest BCUT2D eigenvalue weighted by Crippen LogP contribution is 2.13. The number of rotatable bonds is 29. The second-order valence-corrected chi connectivity index (χ2v) is 12.9. The third-order valence-corrected chi connectivity index (χ3v) is 7.37. The fourth-order valence-corrected chi connectivity index (χ4v) is 4.57. The van der Waals surface area contributed by atoms with Crippen LogP contribution in [0, 0.1) is 23.7 Å². The van der Waals surface area contributed by atoms with Crippen LogP contribution in [0.1, 0.15) is 90.4 Å². The maximum Gasteiger partial charge on any atom is 0.306 e. The van der Waals surface area contributed by atoms with Crippen molar-refractivity contribution in [1.82, 2.24) is 0 Å². The average Bonchev–Trinajstić information content (AvgIpc) is 3.14. The minimum Gasteiger partial charge on any atom is -0.463 e. The van der Waals surface area contributed by atoms with Gasteiger partial charge in [-0.25, -0.2) is 0 Å². The molecule has 0 heterocycles. The Labute approximate surface area is 321 Å². The largest absolute Gasteiger partial charge is 0.463 e. The van der Waals surface area contributed by atoms with E-state index in [9.17, 15) is 33.3 Å². The lowest BCUT2D eigenvalue weighted by atomic mass is 10.1. The molecule has 0 aromatic rings. The van der Waals surface area contributed by atoms with E-state index in [2.05, 4.69) is 43.3 Å². The van der Waals surface area contributed by atoms with Crippen molar-refractivity contribution < 1.29 is 56.8 Å². The summed E-state index contributed by atoms with van der Waals surface area (Å²) in [5, 5.41) is 29.2. The van der Waals surface area contributed by atoms with Crippen LogP contribution in [0.3, 0.4) is 0 Å². The molecule has 0 rings (SSSR count). The van der Waals surface area contributed by atoms with Gasteiger partial charge in [0.2, 0.25) is 6.29 Å². The fourth-order valence-electron chi connectivity index (χ4n) is 4.11. The molecule has 0 saturated carbocycles. The van der Waals surface area contributed by atoms with Crippen molar-refractivity contribution >= 4 is 22.1 Å². The first-order chi connectivity index (χ1) is 26.1. The van der Waals surface area contributed by atoms with Crippen LogP contribution in [-0.4, -0.2) is 85.2 Å². The number of aliphatic hydroxyl groups excluding tert-OH is 3. The molecule has 0 unspecified atom stereocenters. The van der Waals surface area contributed by atoms with Crippen molar-refractivity contribution in [3.05, 3.63) is 84.6 Å². The molecule has 0 spiro atoms. The lowest BCUT2D eigenvalue weighted by molar-refractivity contribution is -0.204. The van der Waals surface area contributed by atoms with Crippen molar-refractivity contribution in [2.24, 2.45) is 0 Å². The van der Waals surface area contributed by atoms with Gasteiger partial charge in [-0.3, -0.25) is 14.1 Å². The molecule has 300 valence electrons. The van der Waals surface area contributed by atoms with Crippen LogP contribution in [0.4, 0.5) is 0 Å². The molecule has 0 saturated heterocycles. The summed E-state index contributed by atoms with van der Waals surface area (Å²) in [6.45, 7) is 2.91. The lowest BCUT2D eigenvalue weighted by Crippen LogP contribution is -2.39. The molecular formula is C41H58O12S. The number of ether oxygens (including phenoxy) is 4. The summed E-state index contributed by atoms with van der Waals surface area (Å²) in [5.74, 6) is 9.91. The zero-order valence-electron chi connectivity index (χ0n) is 31.4. The normalized spacial score (nSPS) is 13.8. The van der Waals surface area contributed by atoms with Crippen molar-refractivity contribution in [2.45, 2.75) is 109 Å². The molecule has 13 heteroatoms. The van der Waals surface area contributed by atoms with Crippen molar-refractivity contribution in [3.8, 4) is 23.7 Å². The molecule has 0 aliphatic rings. The zero-order chi connectivity index (χ0) is 40.1. The summed E-state index contributed by atoms with van der Waals surface area (Å²) >= 11 is 0. The van der Waals surface area contributed by atoms with Crippen LogP contribution in [0.15, 0.2) is 84.6 Å². The van der Waals surface area contributed by atoms with Crippen LogP contribution in [-0.2, 0) is 38.7 Å². The van der Waals surface area contributed by atoms with Crippen LogP contribution in [0.2, 0.25) is 0 Å². The molecule has 54 heavy (non-hydrogen) atoms. The molecular weight excluding hydrogens is 717 g/mol. The Kier molecular flexibility index (Phi) is 31.9. The predicted molar refractivity (Wildman–Crippen MR) is 209 cm³/mol. The first-order valence-corrected chi connectivity index (χ1v) is 19.6. The highest BCUT2D eigenvalue weighted by molar-refractivity contribution is 7.88. The Morgan fingerprint density at radius 1 is 0.796 bits per heavy atom. The highest BCUT2D eigenvalue weighted by atomic mass is 32.2. The van der Waals surface area contributed by atoms with Gasteiger partial charge in [-0.15, -0.1) is 0 Å². The molecule has 0 bridgehead atoms. The summed E-state index contributed by atoms with van der Waals surface area (Å²) < 4.78 is 52.9. The molecule has 0 aliphatic heterocycles. The van der Waals surface area contributed by atoms with Gasteiger partial charge in [0.05, 0.1) is 18.6 Å². The summed E-state index contributed by atoms with van der Waals surface area (Å²) in [7, 11) is -4.73. The SMILES string of the molecule is C=C/C=C/C=C/C=C/CCCCCCCC(=O)OC[C@H](CO[C@@H](O/C(=C\S(=O)(=O)O)CO)[C@H](O)CO)OC(=O)CCCC#C/C=C\CC#C/C=C/CCC. The second kappa shape index (κ2) is 34.6. The highest BCUT2D eigenvalue weighted by Gasteiger charge is 2.26. The zero-order valence-corrected chi connectivity index (χ0v) is 32.2. The molecule has 0 aromatic carbocycles. The topological polar surface area (TPSA) is 186 Å². The lowest BCUT2D eigenvalue weighted by Gasteiger charge is -2.26. The third kappa shape index (κ3) is 32.4. The number of hydrogen-bond donors (Lipinski definition) is 4. The minimum absolute atomic E-state index is 0.0110. The molecule has 0 aromatic heterocycles. The van der Waals surface area contributed by atoms with Crippen molar-refractivity contribution in [1.29, 1.82) is 0 Å². The van der Waals surface area contributed by atoms with Gasteiger partial charge in [-0.05, 0) is 44.3 Å². The Morgan fingerprint density at radius 3 is 2.20 bits per heavy atom. The van der Waals surface area contributed by atoms with Gasteiger partial charge in [0, 0.05) is 25.7 Å². The third-order valence-electron chi connectivity index (χ3n) is 6.81. The van der Waals surface area contributed by atoms with Crippen LogP contribution < -0.4 is 0 Å². The van der Waals surface area contributed by atoms with Crippen LogP contribution in [0.25, 0.3) is 0 Å². The summed E-state index contributed by atoms with van der Waals surface area (Å²) in [6.07, 6.45) is 25.1. The van der Waals surface area contributed by atoms with Gasteiger partial charge in [0.1, 0.15) is 25.1 Å². The van der Waals surface area contributed by atoms with Gasteiger partial charge in [-0.1, -0.05) is 118 Å². The summed E-state index contributed by atoms with van der Waals surface area (Å²) in [5.41, 5.74) is 0. The Hall–Kier alpha value is -4.21. The first-order valence-electron chi connectivity index (χ1n) is 18.1. The molecule has 3 atom stereocenters. The average molecular weight is 775 g/mol. The van der Waals surface area contributed by atoms with E-state index in [-0.39, 0.29) is 18.2 Å². The Morgan fingerprint density at radius 2 is 1.48 bits per heavy atom. The fraction of sp³-hybridized carbons (Fsp3) is 0.512. The van der Waals surface area contributed by atoms with E-state index < -0.39 is 72.7 Å². The van der Waals surface area contributed by atoms with E-state index in [1.54, 1.807) is 12.2 Å². The molecule has 0 amide bonds. The van der Waals surface area contributed by atoms with E-state index in [0.717, 1.165) is 44.9 Å². The minimum atomic E-state index is -4.73. The number of carbonyl (C=O) groups excluding carboxylic acids is 2. The number of esters is 2. The number of carbonyl (C=O) groups is 2. The molecule has 0 radical (unpaired) electrons. The maximum atomic E-state index is 12.7. The van der Waals surface area contributed by atoms with E-state index in [1.165, 1.54) is 0 Å². The molecule has 12 nitrogen and oxygen atoms in total. The van der Waals surface area contributed by atoms with E-state index >= 15 is 0 Å². The van der Waals surface area contributed by atoms with Crippen LogP contribution >= 0.6 is 0 Å². The van der Waals surface area contributed by atoms with Crippen molar-refractivity contribution in [3.63, 3.8) is 0 Å². The summed E-state index contributed by atoms with van der Waals surface area (Å²) in [4.78, 5) is 25.1. The predicted octanol–water partition coefficient (Wildman–Crippen LogP) is 5.94. The summed E-state index contributed by atoms with van der Waals surface area (Å²) in [6, 6.07) is 0. The second-order valence-electron chi connectivity index (χ2n) is 11.7. The van der Waals surface area contributed by atoms with Gasteiger partial charge >= 0.3 is 11.9 Å². The quantitative estimate of drug-likeness (QED) is 0.0134. The van der Waals surface area contributed by atoms with E-state index in [0.29, 0.717) is 25.7 Å². The smallest absolute Gasteiger partial charge is 0.306 e. The van der Waals surface area contributed by atoms with Gasteiger partial charge < -0.3 is 34.3 Å². The van der Waals surface area contributed by atoms with E-state index in [4.69, 9.17) is 23.5 Å². The standard InChI is InChI=1S/C41H58O12S/c1-3-5-7-9-11-13-15-17-19-21-23-25-27-29-39(45)50-33-37(34-51-41(38(44)32-43)53-36(31-42)35-54(47,48)49)52-40(46)30-28-26-24-22-20-18-16-14-12-10-8-6-4-2/h3,5,7-11,13,15,18,20,35,37-38,41-44H,1,4,6,16-17,19,21,23,25-34H2,2H3,(H,47,48,49)/b7-5+,10-8+,11-9+,15-13+,20-18-,36-35-/t37-,38-,41+/m1/s1. The molecule has 0 aliphatic carbocycles. The van der Waals surface area contributed by atoms with E-state index in [1.807, 2.05) is 48.6 Å². The van der Waals surface area contributed by atoms with Gasteiger partial charge in [-0.2, -0.15) is 8.42 Å². The van der Waals surface area contributed by atoms with Crippen molar-refractivity contribution in [2.75, 3.05) is 26.4 Å². The Bertz CT molecular complexity index is 1470. The number of hydrogen-bond acceptors (Lipinski definition) is 11. The monoisotopic (exact) mass is 774 g/mol. The number of aliphatic hydroxyl groups is 3. The first kappa shape index (κ1) is 49.8. The Balaban J connectivity index is 5.08. The number of allylic oxidation sites excluding steroid dienone is 11. The number of unbranched alkanes of at least 4 members (excludes halogenated alkanes) is 7. The van der Waals surface area contributed by atoms with Gasteiger partial charge in [0.15, 0.2) is 6.10 Å². The molecule has 0 fully saturated rings. The van der Waals surface area contributed by atoms with Crippen LogP contribution in [0.5, 0.6) is 0 Å². The molecule has 4 N–H and O–H groups in total.